The number of carbonyl (C=O) groups is 1. The van der Waals surface area contributed by atoms with Crippen molar-refractivity contribution in [1.29, 1.82) is 0 Å². The molecule has 2 nitrogen and oxygen atoms in total. The number of halogens is 1. The first kappa shape index (κ1) is 14.4. The van der Waals surface area contributed by atoms with Gasteiger partial charge >= 0.3 is 5.97 Å². The number of ether oxygens (including phenoxy) is 1. The highest BCUT2D eigenvalue weighted by Crippen LogP contribution is 2.24. The lowest BCUT2D eigenvalue weighted by molar-refractivity contribution is -0.134. The molecule has 0 aliphatic heterocycles. The SMILES string of the molecule is COC(=O)/C=C(\C)c1ccc(-c2cccc(Cl)c2)cc1. The summed E-state index contributed by atoms with van der Waals surface area (Å²) >= 11 is 5.99. The predicted octanol–water partition coefficient (Wildman–Crippen LogP) is 4.58. The zero-order chi connectivity index (χ0) is 14.5. The summed E-state index contributed by atoms with van der Waals surface area (Å²) in [7, 11) is 1.37. The summed E-state index contributed by atoms with van der Waals surface area (Å²) in [6.07, 6.45) is 1.48. The van der Waals surface area contributed by atoms with E-state index in [9.17, 15) is 4.79 Å². The fourth-order valence-electron chi connectivity index (χ4n) is 1.91. The Morgan fingerprint density at radius 1 is 1.10 bits per heavy atom. The fourth-order valence-corrected chi connectivity index (χ4v) is 2.10. The van der Waals surface area contributed by atoms with E-state index in [0.29, 0.717) is 5.02 Å². The van der Waals surface area contributed by atoms with Gasteiger partial charge in [0.2, 0.25) is 0 Å². The van der Waals surface area contributed by atoms with Gasteiger partial charge in [0, 0.05) is 11.1 Å². The second kappa shape index (κ2) is 6.40. The van der Waals surface area contributed by atoms with Crippen molar-refractivity contribution in [3.05, 3.63) is 65.2 Å². The molecule has 0 aromatic heterocycles. The lowest BCUT2D eigenvalue weighted by Gasteiger charge is -2.05. The zero-order valence-electron chi connectivity index (χ0n) is 11.4. The Morgan fingerprint density at radius 2 is 1.80 bits per heavy atom. The summed E-state index contributed by atoms with van der Waals surface area (Å²) in [6.45, 7) is 1.88. The molecule has 0 amide bonds. The third-order valence-corrected chi connectivity index (χ3v) is 3.27. The van der Waals surface area contributed by atoms with Crippen LogP contribution >= 0.6 is 11.6 Å². The van der Waals surface area contributed by atoms with Crippen LogP contribution in [-0.4, -0.2) is 13.1 Å². The van der Waals surface area contributed by atoms with Gasteiger partial charge in [-0.25, -0.2) is 4.79 Å². The van der Waals surface area contributed by atoms with E-state index in [2.05, 4.69) is 4.74 Å². The Kier molecular flexibility index (Phi) is 4.59. The van der Waals surface area contributed by atoms with Crippen molar-refractivity contribution in [1.82, 2.24) is 0 Å². The van der Waals surface area contributed by atoms with Gasteiger partial charge in [0.15, 0.2) is 0 Å². The summed E-state index contributed by atoms with van der Waals surface area (Å²) in [6, 6.07) is 15.7. The molecular formula is C17H15ClO2. The Bertz CT molecular complexity index is 642. The second-order valence-corrected chi connectivity index (χ2v) is 4.87. The summed E-state index contributed by atoms with van der Waals surface area (Å²) in [5.74, 6) is -0.346. The summed E-state index contributed by atoms with van der Waals surface area (Å²) in [5, 5.41) is 0.716. The van der Waals surface area contributed by atoms with E-state index in [0.717, 1.165) is 22.3 Å². The third-order valence-electron chi connectivity index (χ3n) is 3.03. The molecule has 0 saturated carbocycles. The first-order valence-electron chi connectivity index (χ1n) is 6.23. The molecule has 0 N–H and O–H groups in total. The van der Waals surface area contributed by atoms with E-state index >= 15 is 0 Å². The van der Waals surface area contributed by atoms with E-state index in [4.69, 9.17) is 11.6 Å². The summed E-state index contributed by atoms with van der Waals surface area (Å²) in [5.41, 5.74) is 4.01. The van der Waals surface area contributed by atoms with E-state index < -0.39 is 0 Å². The zero-order valence-corrected chi connectivity index (χ0v) is 12.1. The summed E-state index contributed by atoms with van der Waals surface area (Å²) < 4.78 is 4.62. The van der Waals surface area contributed by atoms with Gasteiger partial charge in [-0.1, -0.05) is 48.0 Å². The van der Waals surface area contributed by atoms with Crippen molar-refractivity contribution in [2.75, 3.05) is 7.11 Å². The highest BCUT2D eigenvalue weighted by Gasteiger charge is 2.02. The lowest BCUT2D eigenvalue weighted by Crippen LogP contribution is -1.95. The van der Waals surface area contributed by atoms with Crippen molar-refractivity contribution in [3.63, 3.8) is 0 Å². The smallest absolute Gasteiger partial charge is 0.330 e. The molecule has 0 spiro atoms. The van der Waals surface area contributed by atoms with Crippen molar-refractivity contribution < 1.29 is 9.53 Å². The number of benzene rings is 2. The van der Waals surface area contributed by atoms with Crippen LogP contribution in [0.2, 0.25) is 5.02 Å². The maximum atomic E-state index is 11.2. The predicted molar refractivity (Wildman–Crippen MR) is 82.6 cm³/mol. The van der Waals surface area contributed by atoms with Crippen LogP contribution in [0.15, 0.2) is 54.6 Å². The van der Waals surface area contributed by atoms with Crippen LogP contribution in [0.5, 0.6) is 0 Å². The van der Waals surface area contributed by atoms with Crippen LogP contribution in [0.4, 0.5) is 0 Å². The maximum Gasteiger partial charge on any atom is 0.330 e. The Morgan fingerprint density at radius 3 is 2.40 bits per heavy atom. The minimum atomic E-state index is -0.346. The number of carbonyl (C=O) groups excluding carboxylic acids is 1. The highest BCUT2D eigenvalue weighted by molar-refractivity contribution is 6.30. The molecule has 2 aromatic carbocycles. The first-order chi connectivity index (χ1) is 9.60. The van der Waals surface area contributed by atoms with Crippen LogP contribution in [-0.2, 0) is 9.53 Å². The molecule has 0 unspecified atom stereocenters. The second-order valence-electron chi connectivity index (χ2n) is 4.44. The van der Waals surface area contributed by atoms with Gasteiger partial charge in [0.25, 0.3) is 0 Å². The lowest BCUT2D eigenvalue weighted by atomic mass is 10.0. The van der Waals surface area contributed by atoms with E-state index in [1.165, 1.54) is 13.2 Å². The van der Waals surface area contributed by atoms with Crippen molar-refractivity contribution in [2.24, 2.45) is 0 Å². The van der Waals surface area contributed by atoms with Gasteiger partial charge in [-0.15, -0.1) is 0 Å². The monoisotopic (exact) mass is 286 g/mol. The fraction of sp³-hybridized carbons (Fsp3) is 0.118. The molecular weight excluding hydrogens is 272 g/mol. The topological polar surface area (TPSA) is 26.3 Å². The largest absolute Gasteiger partial charge is 0.466 e. The molecule has 20 heavy (non-hydrogen) atoms. The number of rotatable bonds is 3. The Hall–Kier alpha value is -2.06. The van der Waals surface area contributed by atoms with Crippen molar-refractivity contribution >= 4 is 23.1 Å². The van der Waals surface area contributed by atoms with Gasteiger partial charge in [-0.2, -0.15) is 0 Å². The highest BCUT2D eigenvalue weighted by atomic mass is 35.5. The Labute approximate surface area is 123 Å². The van der Waals surface area contributed by atoms with Crippen molar-refractivity contribution in [2.45, 2.75) is 6.92 Å². The van der Waals surface area contributed by atoms with Crippen LogP contribution in [0.1, 0.15) is 12.5 Å². The number of hydrogen-bond donors (Lipinski definition) is 0. The molecule has 0 bridgehead atoms. The first-order valence-corrected chi connectivity index (χ1v) is 6.60. The minimum Gasteiger partial charge on any atom is -0.466 e. The average Bonchev–Trinajstić information content (AvgIpc) is 2.47. The standard InChI is InChI=1S/C17H15ClO2/c1-12(10-17(19)20-2)13-6-8-14(9-7-13)15-4-3-5-16(18)11-15/h3-11H,1-2H3/b12-10+. The molecule has 102 valence electrons. The van der Waals surface area contributed by atoms with E-state index in [-0.39, 0.29) is 5.97 Å². The van der Waals surface area contributed by atoms with Gasteiger partial charge in [0.1, 0.15) is 0 Å². The minimum absolute atomic E-state index is 0.346. The number of allylic oxidation sites excluding steroid dienone is 1. The van der Waals surface area contributed by atoms with E-state index in [1.54, 1.807) is 0 Å². The quantitative estimate of drug-likeness (QED) is 0.610. The molecule has 2 rings (SSSR count). The normalized spacial score (nSPS) is 11.2. The molecule has 0 saturated heterocycles. The van der Waals surface area contributed by atoms with Gasteiger partial charge < -0.3 is 4.74 Å². The maximum absolute atomic E-state index is 11.2. The van der Waals surface area contributed by atoms with Crippen LogP contribution < -0.4 is 0 Å². The average molecular weight is 287 g/mol. The number of esters is 1. The van der Waals surface area contributed by atoms with Gasteiger partial charge in [-0.3, -0.25) is 0 Å². The summed E-state index contributed by atoms with van der Waals surface area (Å²) in [4.78, 5) is 11.2. The third kappa shape index (κ3) is 3.49. The van der Waals surface area contributed by atoms with Gasteiger partial charge in [0.05, 0.1) is 7.11 Å². The molecule has 2 aromatic rings. The molecule has 3 heteroatoms. The molecule has 0 fully saturated rings. The Balaban J connectivity index is 2.27. The molecule has 0 heterocycles. The number of methoxy groups -OCH3 is 1. The van der Waals surface area contributed by atoms with Crippen LogP contribution in [0, 0.1) is 0 Å². The molecule has 0 aliphatic rings. The molecule has 0 radical (unpaired) electrons. The van der Waals surface area contributed by atoms with Crippen molar-refractivity contribution in [3.8, 4) is 11.1 Å². The molecule has 0 aliphatic carbocycles. The van der Waals surface area contributed by atoms with E-state index in [1.807, 2.05) is 55.5 Å². The van der Waals surface area contributed by atoms with Crippen LogP contribution in [0.25, 0.3) is 16.7 Å². The van der Waals surface area contributed by atoms with Gasteiger partial charge in [-0.05, 0) is 41.3 Å². The molecule has 0 atom stereocenters. The number of hydrogen-bond acceptors (Lipinski definition) is 2. The van der Waals surface area contributed by atoms with Crippen LogP contribution in [0.3, 0.4) is 0 Å².